The highest BCUT2D eigenvalue weighted by Gasteiger charge is 2.33. The first-order valence-electron chi connectivity index (χ1n) is 8.77. The third-order valence-electron chi connectivity index (χ3n) is 4.96. The average molecular weight is 367 g/mol. The topological polar surface area (TPSA) is 74.3 Å². The molecular weight excluding hydrogens is 340 g/mol. The molecule has 1 saturated carbocycles. The van der Waals surface area contributed by atoms with Gasteiger partial charge in [-0.1, -0.05) is 37.3 Å². The van der Waals surface area contributed by atoms with Crippen molar-refractivity contribution in [2.24, 2.45) is 0 Å². The molecule has 0 aliphatic heterocycles. The number of pyridine rings is 1. The standard InChI is InChI=1S/C18H27ClN4O2/c1-23(2)18(8-5-3-4-6-9-18)13-22-16(24)12-21-17(25)15-11-14(19)7-10-20-15/h7,10-11H,3-6,8-9,12-13H2,1-2H3,(H,21,25)(H,22,24). The van der Waals surface area contributed by atoms with Crippen LogP contribution in [0.2, 0.25) is 5.02 Å². The third kappa shape index (κ3) is 5.68. The number of nitrogens with zero attached hydrogens (tertiary/aromatic N) is 2. The number of rotatable bonds is 6. The van der Waals surface area contributed by atoms with Gasteiger partial charge in [0.25, 0.3) is 5.91 Å². The first kappa shape index (κ1) is 19.7. The number of halogens is 1. The van der Waals surface area contributed by atoms with E-state index in [4.69, 9.17) is 11.6 Å². The van der Waals surface area contributed by atoms with Crippen molar-refractivity contribution in [3.63, 3.8) is 0 Å². The van der Waals surface area contributed by atoms with Crippen LogP contribution >= 0.6 is 11.6 Å². The lowest BCUT2D eigenvalue weighted by Gasteiger charge is -2.39. The minimum atomic E-state index is -0.408. The van der Waals surface area contributed by atoms with Crippen molar-refractivity contribution >= 4 is 23.4 Å². The second-order valence-corrected chi connectivity index (χ2v) is 7.29. The number of amides is 2. The van der Waals surface area contributed by atoms with Gasteiger partial charge in [-0.05, 0) is 39.1 Å². The Morgan fingerprint density at radius 2 is 1.88 bits per heavy atom. The first-order valence-corrected chi connectivity index (χ1v) is 9.15. The maximum Gasteiger partial charge on any atom is 0.270 e. The summed E-state index contributed by atoms with van der Waals surface area (Å²) in [6.07, 6.45) is 8.51. The summed E-state index contributed by atoms with van der Waals surface area (Å²) >= 11 is 5.84. The van der Waals surface area contributed by atoms with Crippen molar-refractivity contribution < 1.29 is 9.59 Å². The van der Waals surface area contributed by atoms with Crippen molar-refractivity contribution in [1.82, 2.24) is 20.5 Å². The monoisotopic (exact) mass is 366 g/mol. The van der Waals surface area contributed by atoms with Gasteiger partial charge in [-0.25, -0.2) is 0 Å². The molecule has 2 rings (SSSR count). The van der Waals surface area contributed by atoms with Crippen LogP contribution in [0.5, 0.6) is 0 Å². The molecule has 138 valence electrons. The second-order valence-electron chi connectivity index (χ2n) is 6.85. The smallest absolute Gasteiger partial charge is 0.270 e. The molecule has 1 aliphatic carbocycles. The van der Waals surface area contributed by atoms with E-state index in [1.807, 2.05) is 0 Å². The van der Waals surface area contributed by atoms with Crippen LogP contribution < -0.4 is 10.6 Å². The number of hydrogen-bond acceptors (Lipinski definition) is 4. The molecule has 0 bridgehead atoms. The quantitative estimate of drug-likeness (QED) is 0.757. The fourth-order valence-corrected chi connectivity index (χ4v) is 3.43. The molecule has 1 fully saturated rings. The Hall–Kier alpha value is -1.66. The van der Waals surface area contributed by atoms with Crippen LogP contribution in [-0.4, -0.2) is 54.4 Å². The molecule has 2 N–H and O–H groups in total. The van der Waals surface area contributed by atoms with Crippen molar-refractivity contribution in [1.29, 1.82) is 0 Å². The summed E-state index contributed by atoms with van der Waals surface area (Å²) in [5, 5.41) is 6.00. The molecule has 25 heavy (non-hydrogen) atoms. The van der Waals surface area contributed by atoms with Crippen LogP contribution in [0.3, 0.4) is 0 Å². The fourth-order valence-electron chi connectivity index (χ4n) is 3.27. The minimum Gasteiger partial charge on any atom is -0.353 e. The molecule has 1 heterocycles. The molecule has 0 spiro atoms. The second kappa shape index (κ2) is 9.15. The zero-order valence-corrected chi connectivity index (χ0v) is 15.7. The van der Waals surface area contributed by atoms with Gasteiger partial charge in [0.1, 0.15) is 5.69 Å². The van der Waals surface area contributed by atoms with E-state index in [-0.39, 0.29) is 23.7 Å². The van der Waals surface area contributed by atoms with Gasteiger partial charge in [0.05, 0.1) is 6.54 Å². The molecule has 0 unspecified atom stereocenters. The van der Waals surface area contributed by atoms with Gasteiger partial charge in [-0.15, -0.1) is 0 Å². The normalized spacial score (nSPS) is 17.0. The van der Waals surface area contributed by atoms with Crippen LogP contribution in [0.25, 0.3) is 0 Å². The average Bonchev–Trinajstić information content (AvgIpc) is 2.84. The Balaban J connectivity index is 1.84. The Morgan fingerprint density at radius 1 is 1.20 bits per heavy atom. The molecule has 0 saturated heterocycles. The van der Waals surface area contributed by atoms with Crippen LogP contribution in [0.4, 0.5) is 0 Å². The molecule has 1 aromatic heterocycles. The molecule has 2 amide bonds. The molecule has 0 atom stereocenters. The van der Waals surface area contributed by atoms with E-state index in [2.05, 4.69) is 34.6 Å². The zero-order valence-electron chi connectivity index (χ0n) is 15.0. The lowest BCUT2D eigenvalue weighted by atomic mass is 9.88. The molecule has 1 aromatic rings. The van der Waals surface area contributed by atoms with E-state index in [1.54, 1.807) is 6.07 Å². The highest BCUT2D eigenvalue weighted by atomic mass is 35.5. The summed E-state index contributed by atoms with van der Waals surface area (Å²) < 4.78 is 0. The van der Waals surface area contributed by atoms with Gasteiger partial charge in [-0.2, -0.15) is 0 Å². The van der Waals surface area contributed by atoms with Gasteiger partial charge >= 0.3 is 0 Å². The fraction of sp³-hybridized carbons (Fsp3) is 0.611. The Morgan fingerprint density at radius 3 is 2.48 bits per heavy atom. The third-order valence-corrected chi connectivity index (χ3v) is 5.20. The summed E-state index contributed by atoms with van der Waals surface area (Å²) in [4.78, 5) is 30.3. The number of aromatic nitrogens is 1. The summed E-state index contributed by atoms with van der Waals surface area (Å²) in [5.41, 5.74) is 0.207. The van der Waals surface area contributed by atoms with Crippen LogP contribution in [-0.2, 0) is 4.79 Å². The highest BCUT2D eigenvalue weighted by Crippen LogP contribution is 2.30. The van der Waals surface area contributed by atoms with Crippen molar-refractivity contribution in [3.05, 3.63) is 29.0 Å². The molecule has 1 aliphatic rings. The SMILES string of the molecule is CN(C)C1(CNC(=O)CNC(=O)c2cc(Cl)ccn2)CCCCCC1. The van der Waals surface area contributed by atoms with Gasteiger partial charge < -0.3 is 15.5 Å². The Labute approximate surface area is 154 Å². The Kier molecular flexibility index (Phi) is 7.20. The summed E-state index contributed by atoms with van der Waals surface area (Å²) in [5.74, 6) is -0.602. The van der Waals surface area contributed by atoms with Crippen molar-refractivity contribution in [2.75, 3.05) is 27.2 Å². The van der Waals surface area contributed by atoms with Crippen LogP contribution in [0.1, 0.15) is 49.0 Å². The van der Waals surface area contributed by atoms with Crippen LogP contribution in [0, 0.1) is 0 Å². The molecular formula is C18H27ClN4O2. The number of nitrogens with one attached hydrogen (secondary N) is 2. The van der Waals surface area contributed by atoms with Crippen molar-refractivity contribution in [2.45, 2.75) is 44.1 Å². The predicted molar refractivity (Wildman–Crippen MR) is 98.7 cm³/mol. The largest absolute Gasteiger partial charge is 0.353 e. The number of likely N-dealkylation sites (N-methyl/N-ethyl adjacent to an activating group) is 1. The summed E-state index contributed by atoms with van der Waals surface area (Å²) in [6.45, 7) is 0.528. The molecule has 0 radical (unpaired) electrons. The number of carbonyl (C=O) groups excluding carboxylic acids is 2. The Bertz CT molecular complexity index is 598. The van der Waals surface area contributed by atoms with Gasteiger partial charge in [0.2, 0.25) is 5.91 Å². The number of hydrogen-bond donors (Lipinski definition) is 2. The minimum absolute atomic E-state index is 0.00464. The van der Waals surface area contributed by atoms with Gasteiger partial charge in [0.15, 0.2) is 0 Å². The lowest BCUT2D eigenvalue weighted by Crippen LogP contribution is -2.53. The van der Waals surface area contributed by atoms with E-state index in [9.17, 15) is 9.59 Å². The van der Waals surface area contributed by atoms with Crippen molar-refractivity contribution in [3.8, 4) is 0 Å². The van der Waals surface area contributed by atoms with Gasteiger partial charge in [-0.3, -0.25) is 14.6 Å². The first-order chi connectivity index (χ1) is 11.9. The molecule has 6 nitrogen and oxygen atoms in total. The lowest BCUT2D eigenvalue weighted by molar-refractivity contribution is -0.120. The summed E-state index contributed by atoms with van der Waals surface area (Å²) in [6, 6.07) is 3.07. The van der Waals surface area contributed by atoms with E-state index in [0.717, 1.165) is 12.8 Å². The van der Waals surface area contributed by atoms with E-state index in [0.29, 0.717) is 11.6 Å². The summed E-state index contributed by atoms with van der Waals surface area (Å²) in [7, 11) is 4.15. The van der Waals surface area contributed by atoms with E-state index >= 15 is 0 Å². The predicted octanol–water partition coefficient (Wildman–Crippen LogP) is 2.24. The number of carbonyl (C=O) groups is 2. The van der Waals surface area contributed by atoms with Gasteiger partial charge in [0, 0.05) is 23.3 Å². The maximum atomic E-state index is 12.1. The molecule has 7 heteroatoms. The van der Waals surface area contributed by atoms with E-state index in [1.165, 1.54) is 37.9 Å². The molecule has 0 aromatic carbocycles. The maximum absolute atomic E-state index is 12.1. The van der Waals surface area contributed by atoms with E-state index < -0.39 is 5.91 Å². The zero-order chi connectivity index (χ0) is 18.3. The van der Waals surface area contributed by atoms with Crippen LogP contribution in [0.15, 0.2) is 18.3 Å². The highest BCUT2D eigenvalue weighted by molar-refractivity contribution is 6.30.